The summed E-state index contributed by atoms with van der Waals surface area (Å²) in [5.74, 6) is 0.450. The summed E-state index contributed by atoms with van der Waals surface area (Å²) in [6, 6.07) is 12.0. The second-order valence-electron chi connectivity index (χ2n) is 7.84. The average molecular weight is 378 g/mol. The van der Waals surface area contributed by atoms with Crippen molar-refractivity contribution in [3.8, 4) is 0 Å². The zero-order valence-electron chi connectivity index (χ0n) is 15.9. The van der Waals surface area contributed by atoms with Crippen LogP contribution >= 0.6 is 0 Å². The fraction of sp³-hybridized carbons (Fsp3) is 0.409. The van der Waals surface area contributed by atoms with E-state index in [2.05, 4.69) is 20.9 Å². The SMILES string of the molecule is O=C(CC1CC2CCC(C1)N2)NCc1ccc(C(=O)Nc2ccncc2)cc1. The summed E-state index contributed by atoms with van der Waals surface area (Å²) >= 11 is 0. The maximum Gasteiger partial charge on any atom is 0.255 e. The molecule has 2 amide bonds. The zero-order valence-corrected chi connectivity index (χ0v) is 15.9. The van der Waals surface area contributed by atoms with Crippen molar-refractivity contribution >= 4 is 17.5 Å². The molecule has 1 aromatic carbocycles. The number of pyridine rings is 1. The predicted molar refractivity (Wildman–Crippen MR) is 108 cm³/mol. The molecule has 0 radical (unpaired) electrons. The number of aromatic nitrogens is 1. The van der Waals surface area contributed by atoms with Crippen LogP contribution in [-0.2, 0) is 11.3 Å². The zero-order chi connectivity index (χ0) is 19.3. The van der Waals surface area contributed by atoms with Gasteiger partial charge in [-0.15, -0.1) is 0 Å². The Morgan fingerprint density at radius 1 is 1.00 bits per heavy atom. The smallest absolute Gasteiger partial charge is 0.255 e. The Kier molecular flexibility index (Phi) is 5.67. The van der Waals surface area contributed by atoms with Crippen LogP contribution in [-0.4, -0.2) is 28.9 Å². The molecular weight excluding hydrogens is 352 g/mol. The first kappa shape index (κ1) is 18.6. The van der Waals surface area contributed by atoms with Crippen LogP contribution in [0.25, 0.3) is 0 Å². The fourth-order valence-corrected chi connectivity index (χ4v) is 4.29. The van der Waals surface area contributed by atoms with Crippen LogP contribution in [0.5, 0.6) is 0 Å². The van der Waals surface area contributed by atoms with Gasteiger partial charge >= 0.3 is 0 Å². The molecule has 0 aliphatic carbocycles. The molecule has 2 bridgehead atoms. The Morgan fingerprint density at radius 3 is 2.36 bits per heavy atom. The van der Waals surface area contributed by atoms with E-state index in [0.29, 0.717) is 42.2 Å². The molecule has 3 heterocycles. The fourth-order valence-electron chi connectivity index (χ4n) is 4.29. The Hall–Kier alpha value is -2.73. The highest BCUT2D eigenvalue weighted by molar-refractivity contribution is 6.04. The van der Waals surface area contributed by atoms with Gasteiger partial charge < -0.3 is 16.0 Å². The average Bonchev–Trinajstić information content (AvgIpc) is 3.05. The van der Waals surface area contributed by atoms with Gasteiger partial charge in [-0.3, -0.25) is 14.6 Å². The van der Waals surface area contributed by atoms with Crippen molar-refractivity contribution in [1.82, 2.24) is 15.6 Å². The molecular formula is C22H26N4O2. The largest absolute Gasteiger partial charge is 0.352 e. The minimum atomic E-state index is -0.165. The summed E-state index contributed by atoms with van der Waals surface area (Å²) in [6.45, 7) is 0.489. The van der Waals surface area contributed by atoms with Gasteiger partial charge in [0.2, 0.25) is 5.91 Å². The first-order valence-corrected chi connectivity index (χ1v) is 9.99. The molecule has 2 aromatic rings. The van der Waals surface area contributed by atoms with E-state index >= 15 is 0 Å². The van der Waals surface area contributed by atoms with Crippen molar-refractivity contribution < 1.29 is 9.59 Å². The summed E-state index contributed by atoms with van der Waals surface area (Å²) in [6.07, 6.45) is 8.62. The third-order valence-electron chi connectivity index (χ3n) is 5.69. The summed E-state index contributed by atoms with van der Waals surface area (Å²) in [4.78, 5) is 28.5. The molecule has 0 spiro atoms. The van der Waals surface area contributed by atoms with Gasteiger partial charge in [0, 0.05) is 48.7 Å². The molecule has 6 nitrogen and oxygen atoms in total. The van der Waals surface area contributed by atoms with E-state index in [0.717, 1.165) is 18.4 Å². The van der Waals surface area contributed by atoms with Crippen LogP contribution < -0.4 is 16.0 Å². The maximum absolute atomic E-state index is 12.3. The van der Waals surface area contributed by atoms with E-state index < -0.39 is 0 Å². The number of hydrogen-bond acceptors (Lipinski definition) is 4. The first-order chi connectivity index (χ1) is 13.7. The highest BCUT2D eigenvalue weighted by Crippen LogP contribution is 2.32. The van der Waals surface area contributed by atoms with Crippen LogP contribution in [0.2, 0.25) is 0 Å². The van der Waals surface area contributed by atoms with Crippen molar-refractivity contribution in [2.24, 2.45) is 5.92 Å². The van der Waals surface area contributed by atoms with Gasteiger partial charge in [0.1, 0.15) is 0 Å². The van der Waals surface area contributed by atoms with Gasteiger partial charge in [0.15, 0.2) is 0 Å². The Balaban J connectivity index is 1.24. The van der Waals surface area contributed by atoms with Crippen molar-refractivity contribution in [1.29, 1.82) is 0 Å². The molecule has 28 heavy (non-hydrogen) atoms. The number of anilines is 1. The number of nitrogens with zero attached hydrogens (tertiary/aromatic N) is 1. The van der Waals surface area contributed by atoms with Crippen molar-refractivity contribution in [3.05, 3.63) is 59.9 Å². The summed E-state index contributed by atoms with van der Waals surface area (Å²) in [5.41, 5.74) is 2.28. The van der Waals surface area contributed by atoms with Crippen molar-refractivity contribution in [2.75, 3.05) is 5.32 Å². The molecule has 146 valence electrons. The Bertz CT molecular complexity index is 810. The van der Waals surface area contributed by atoms with Crippen molar-refractivity contribution in [3.63, 3.8) is 0 Å². The number of fused-ring (bicyclic) bond motifs is 2. The van der Waals surface area contributed by atoms with E-state index in [1.54, 1.807) is 36.7 Å². The number of carbonyl (C=O) groups excluding carboxylic acids is 2. The second-order valence-corrected chi connectivity index (χ2v) is 7.84. The van der Waals surface area contributed by atoms with Crippen LogP contribution in [0.1, 0.15) is 48.0 Å². The normalized spacial score (nSPS) is 23.2. The van der Waals surface area contributed by atoms with Crippen molar-refractivity contribution in [2.45, 2.75) is 50.7 Å². The topological polar surface area (TPSA) is 83.1 Å². The molecule has 1 aromatic heterocycles. The molecule has 2 saturated heterocycles. The van der Waals surface area contributed by atoms with Crippen LogP contribution in [0.3, 0.4) is 0 Å². The number of rotatable bonds is 6. The lowest BCUT2D eigenvalue weighted by molar-refractivity contribution is -0.122. The van der Waals surface area contributed by atoms with E-state index in [1.807, 2.05) is 12.1 Å². The highest BCUT2D eigenvalue weighted by atomic mass is 16.2. The number of benzene rings is 1. The molecule has 2 aliphatic heterocycles. The number of piperidine rings is 1. The number of nitrogens with one attached hydrogen (secondary N) is 3. The minimum Gasteiger partial charge on any atom is -0.352 e. The van der Waals surface area contributed by atoms with E-state index in [-0.39, 0.29) is 11.8 Å². The maximum atomic E-state index is 12.3. The highest BCUT2D eigenvalue weighted by Gasteiger charge is 2.34. The van der Waals surface area contributed by atoms with E-state index in [4.69, 9.17) is 0 Å². The standard InChI is InChI=1S/C22H26N4O2/c27-21(13-16-11-19-5-6-20(12-16)25-19)24-14-15-1-3-17(4-2-15)22(28)26-18-7-9-23-10-8-18/h1-4,7-10,16,19-20,25H,5-6,11-14H2,(H,24,27)(H,23,26,28). The Morgan fingerprint density at radius 2 is 1.68 bits per heavy atom. The summed E-state index contributed by atoms with van der Waals surface area (Å²) in [5, 5.41) is 9.46. The van der Waals surface area contributed by atoms with Crippen LogP contribution in [0.4, 0.5) is 5.69 Å². The van der Waals surface area contributed by atoms with Crippen LogP contribution in [0.15, 0.2) is 48.8 Å². The molecule has 6 heteroatoms. The quantitative estimate of drug-likeness (QED) is 0.722. The number of carbonyl (C=O) groups is 2. The lowest BCUT2D eigenvalue weighted by Crippen LogP contribution is -2.39. The van der Waals surface area contributed by atoms with Gasteiger partial charge in [-0.05, 0) is 61.4 Å². The molecule has 2 fully saturated rings. The molecule has 2 aliphatic rings. The van der Waals surface area contributed by atoms with Gasteiger partial charge in [-0.25, -0.2) is 0 Å². The predicted octanol–water partition coefficient (Wildman–Crippen LogP) is 2.87. The molecule has 3 N–H and O–H groups in total. The lowest BCUT2D eigenvalue weighted by Gasteiger charge is -2.28. The summed E-state index contributed by atoms with van der Waals surface area (Å²) < 4.78 is 0. The molecule has 2 atom stereocenters. The van der Waals surface area contributed by atoms with E-state index in [1.165, 1.54) is 12.8 Å². The van der Waals surface area contributed by atoms with Gasteiger partial charge in [-0.1, -0.05) is 12.1 Å². The third kappa shape index (κ3) is 4.75. The lowest BCUT2D eigenvalue weighted by atomic mass is 9.89. The monoisotopic (exact) mass is 378 g/mol. The molecule has 4 rings (SSSR count). The van der Waals surface area contributed by atoms with Gasteiger partial charge in [-0.2, -0.15) is 0 Å². The molecule has 2 unspecified atom stereocenters. The van der Waals surface area contributed by atoms with Gasteiger partial charge in [0.25, 0.3) is 5.91 Å². The number of amides is 2. The number of hydrogen-bond donors (Lipinski definition) is 3. The second kappa shape index (κ2) is 8.52. The minimum absolute atomic E-state index is 0.116. The van der Waals surface area contributed by atoms with Gasteiger partial charge in [0.05, 0.1) is 0 Å². The third-order valence-corrected chi connectivity index (χ3v) is 5.69. The van der Waals surface area contributed by atoms with Crippen LogP contribution in [0, 0.1) is 5.92 Å². The Labute approximate surface area is 165 Å². The summed E-state index contributed by atoms with van der Waals surface area (Å²) in [7, 11) is 0. The first-order valence-electron chi connectivity index (χ1n) is 9.99. The van der Waals surface area contributed by atoms with E-state index in [9.17, 15) is 9.59 Å². The molecule has 0 saturated carbocycles.